The second kappa shape index (κ2) is 7.66. The maximum Gasteiger partial charge on any atom is 0.0208 e. The average Bonchev–Trinajstić information content (AvgIpc) is 2.30. The Morgan fingerprint density at radius 2 is 1.68 bits per heavy atom. The average molecular weight is 262 g/mol. The van der Waals surface area contributed by atoms with Crippen LogP contribution in [0.15, 0.2) is 18.2 Å². The van der Waals surface area contributed by atoms with Gasteiger partial charge in [-0.05, 0) is 52.7 Å². The zero-order chi connectivity index (χ0) is 14.4. The number of nitrogens with zero attached hydrogens (tertiary/aromatic N) is 1. The number of hydrogen-bond acceptors (Lipinski definition) is 2. The fourth-order valence-corrected chi connectivity index (χ4v) is 2.59. The molecule has 1 aromatic rings. The molecule has 0 heterocycles. The van der Waals surface area contributed by atoms with Crippen molar-refractivity contribution in [3.63, 3.8) is 0 Å². The van der Waals surface area contributed by atoms with Crippen LogP contribution in [0.2, 0.25) is 0 Å². The van der Waals surface area contributed by atoms with Gasteiger partial charge in [0.2, 0.25) is 0 Å². The number of rotatable bonds is 7. The van der Waals surface area contributed by atoms with E-state index in [0.29, 0.717) is 12.1 Å². The van der Waals surface area contributed by atoms with Crippen LogP contribution >= 0.6 is 0 Å². The standard InChI is InChI=1S/C17H30N2/c1-13(2)19(14(3)4)10-9-18-12-17-8-7-15(5)11-16(17)6/h7-8,11,13-14,18H,9-10,12H2,1-6H3. The van der Waals surface area contributed by atoms with Gasteiger partial charge in [0.1, 0.15) is 0 Å². The zero-order valence-electron chi connectivity index (χ0n) is 13.5. The lowest BCUT2D eigenvalue weighted by Crippen LogP contribution is -2.41. The maximum absolute atomic E-state index is 3.56. The fourth-order valence-electron chi connectivity index (χ4n) is 2.59. The monoisotopic (exact) mass is 262 g/mol. The lowest BCUT2D eigenvalue weighted by molar-refractivity contribution is 0.176. The summed E-state index contributed by atoms with van der Waals surface area (Å²) in [5.74, 6) is 0. The Morgan fingerprint density at radius 3 is 2.21 bits per heavy atom. The Morgan fingerprint density at radius 1 is 1.05 bits per heavy atom. The summed E-state index contributed by atoms with van der Waals surface area (Å²) in [7, 11) is 0. The van der Waals surface area contributed by atoms with Crippen molar-refractivity contribution in [3.8, 4) is 0 Å². The number of benzene rings is 1. The van der Waals surface area contributed by atoms with Gasteiger partial charge in [0.15, 0.2) is 0 Å². The van der Waals surface area contributed by atoms with Crippen LogP contribution in [0.5, 0.6) is 0 Å². The minimum absolute atomic E-state index is 0.614. The predicted molar refractivity (Wildman–Crippen MR) is 84.6 cm³/mol. The quantitative estimate of drug-likeness (QED) is 0.757. The molecule has 0 saturated heterocycles. The number of aryl methyl sites for hydroxylation is 2. The molecule has 0 aliphatic heterocycles. The largest absolute Gasteiger partial charge is 0.311 e. The van der Waals surface area contributed by atoms with E-state index in [1.807, 2.05) is 0 Å². The van der Waals surface area contributed by atoms with Gasteiger partial charge < -0.3 is 5.32 Å². The molecular weight excluding hydrogens is 232 g/mol. The van der Waals surface area contributed by atoms with Crippen LogP contribution in [0.1, 0.15) is 44.4 Å². The van der Waals surface area contributed by atoms with E-state index in [-0.39, 0.29) is 0 Å². The van der Waals surface area contributed by atoms with E-state index in [1.165, 1.54) is 16.7 Å². The van der Waals surface area contributed by atoms with E-state index >= 15 is 0 Å². The molecule has 0 unspecified atom stereocenters. The molecule has 0 bridgehead atoms. The molecule has 0 aliphatic rings. The first kappa shape index (κ1) is 16.2. The van der Waals surface area contributed by atoms with Crippen LogP contribution < -0.4 is 5.32 Å². The van der Waals surface area contributed by atoms with E-state index in [1.54, 1.807) is 0 Å². The third-order valence-electron chi connectivity index (χ3n) is 3.69. The van der Waals surface area contributed by atoms with Crippen LogP contribution in [0.4, 0.5) is 0 Å². The zero-order valence-corrected chi connectivity index (χ0v) is 13.5. The van der Waals surface area contributed by atoms with Gasteiger partial charge in [-0.25, -0.2) is 0 Å². The third-order valence-corrected chi connectivity index (χ3v) is 3.69. The van der Waals surface area contributed by atoms with Gasteiger partial charge in [-0.15, -0.1) is 0 Å². The molecule has 0 spiro atoms. The maximum atomic E-state index is 3.56. The lowest BCUT2D eigenvalue weighted by Gasteiger charge is -2.30. The molecular formula is C17H30N2. The molecule has 1 rings (SSSR count). The molecule has 1 aromatic carbocycles. The fraction of sp³-hybridized carbons (Fsp3) is 0.647. The highest BCUT2D eigenvalue weighted by atomic mass is 15.2. The molecule has 19 heavy (non-hydrogen) atoms. The smallest absolute Gasteiger partial charge is 0.0208 e. The van der Waals surface area contributed by atoms with Gasteiger partial charge in [-0.3, -0.25) is 4.90 Å². The normalized spacial score (nSPS) is 11.8. The van der Waals surface area contributed by atoms with Crippen LogP contribution in [0.25, 0.3) is 0 Å². The van der Waals surface area contributed by atoms with Gasteiger partial charge in [0, 0.05) is 31.7 Å². The summed E-state index contributed by atoms with van der Waals surface area (Å²) in [6, 6.07) is 7.91. The second-order valence-corrected chi connectivity index (χ2v) is 6.03. The van der Waals surface area contributed by atoms with Crippen molar-refractivity contribution in [1.29, 1.82) is 0 Å². The molecule has 0 atom stereocenters. The minimum Gasteiger partial charge on any atom is -0.311 e. The van der Waals surface area contributed by atoms with Crippen LogP contribution in [0, 0.1) is 13.8 Å². The second-order valence-electron chi connectivity index (χ2n) is 6.03. The van der Waals surface area contributed by atoms with Crippen LogP contribution in [-0.2, 0) is 6.54 Å². The first-order valence-electron chi connectivity index (χ1n) is 7.44. The Hall–Kier alpha value is -0.860. The van der Waals surface area contributed by atoms with Gasteiger partial charge in [0.25, 0.3) is 0 Å². The highest BCUT2D eigenvalue weighted by Gasteiger charge is 2.12. The van der Waals surface area contributed by atoms with Gasteiger partial charge in [-0.2, -0.15) is 0 Å². The van der Waals surface area contributed by atoms with Gasteiger partial charge >= 0.3 is 0 Å². The van der Waals surface area contributed by atoms with E-state index in [2.05, 4.69) is 70.0 Å². The molecule has 0 radical (unpaired) electrons. The van der Waals surface area contributed by atoms with Crippen molar-refractivity contribution in [2.24, 2.45) is 0 Å². The third kappa shape index (κ3) is 5.33. The lowest BCUT2D eigenvalue weighted by atomic mass is 10.1. The first-order chi connectivity index (χ1) is 8.91. The highest BCUT2D eigenvalue weighted by Crippen LogP contribution is 2.10. The van der Waals surface area contributed by atoms with Crippen LogP contribution in [0.3, 0.4) is 0 Å². The summed E-state index contributed by atoms with van der Waals surface area (Å²) in [5, 5.41) is 3.56. The molecule has 0 aromatic heterocycles. The molecule has 1 N–H and O–H groups in total. The Balaban J connectivity index is 2.38. The van der Waals surface area contributed by atoms with Gasteiger partial charge in [-0.1, -0.05) is 23.8 Å². The molecule has 0 aliphatic carbocycles. The van der Waals surface area contributed by atoms with Crippen molar-refractivity contribution >= 4 is 0 Å². The van der Waals surface area contributed by atoms with Gasteiger partial charge in [0.05, 0.1) is 0 Å². The van der Waals surface area contributed by atoms with Crippen molar-refractivity contribution in [1.82, 2.24) is 10.2 Å². The predicted octanol–water partition coefficient (Wildman–Crippen LogP) is 3.51. The highest BCUT2D eigenvalue weighted by molar-refractivity contribution is 5.30. The minimum atomic E-state index is 0.614. The number of hydrogen-bond donors (Lipinski definition) is 1. The van der Waals surface area contributed by atoms with Crippen molar-refractivity contribution in [3.05, 3.63) is 34.9 Å². The van der Waals surface area contributed by atoms with Crippen molar-refractivity contribution in [2.75, 3.05) is 13.1 Å². The first-order valence-corrected chi connectivity index (χ1v) is 7.44. The summed E-state index contributed by atoms with van der Waals surface area (Å²) >= 11 is 0. The summed E-state index contributed by atoms with van der Waals surface area (Å²) in [4.78, 5) is 2.52. The van der Waals surface area contributed by atoms with E-state index in [9.17, 15) is 0 Å². The Labute approximate surface area is 119 Å². The molecule has 0 amide bonds. The molecule has 0 fully saturated rings. The SMILES string of the molecule is Cc1ccc(CNCCN(C(C)C)C(C)C)c(C)c1. The van der Waals surface area contributed by atoms with E-state index in [0.717, 1.165) is 19.6 Å². The van der Waals surface area contributed by atoms with E-state index in [4.69, 9.17) is 0 Å². The van der Waals surface area contributed by atoms with Crippen molar-refractivity contribution in [2.45, 2.75) is 60.2 Å². The molecule has 2 nitrogen and oxygen atoms in total. The van der Waals surface area contributed by atoms with Crippen molar-refractivity contribution < 1.29 is 0 Å². The number of nitrogens with one attached hydrogen (secondary N) is 1. The topological polar surface area (TPSA) is 15.3 Å². The molecule has 2 heteroatoms. The van der Waals surface area contributed by atoms with E-state index < -0.39 is 0 Å². The van der Waals surface area contributed by atoms with Crippen LogP contribution in [-0.4, -0.2) is 30.1 Å². The Bertz CT molecular complexity index is 375. The summed E-state index contributed by atoms with van der Waals surface area (Å²) in [6.45, 7) is 16.5. The molecule has 108 valence electrons. The molecule has 0 saturated carbocycles. The Kier molecular flexibility index (Phi) is 6.53. The summed E-state index contributed by atoms with van der Waals surface area (Å²) in [6.07, 6.45) is 0. The summed E-state index contributed by atoms with van der Waals surface area (Å²) < 4.78 is 0. The summed E-state index contributed by atoms with van der Waals surface area (Å²) in [5.41, 5.74) is 4.13.